The number of benzene rings is 2. The summed E-state index contributed by atoms with van der Waals surface area (Å²) in [6, 6.07) is 10.9. The fourth-order valence-corrected chi connectivity index (χ4v) is 1.99. The van der Waals surface area contributed by atoms with E-state index in [0.29, 0.717) is 11.1 Å². The number of Topliss-reactive ketones (excluding diaryl/α,β-unsaturated/α-hetero) is 1. The van der Waals surface area contributed by atoms with Gasteiger partial charge in [0.05, 0.1) is 6.07 Å². The predicted octanol–water partition coefficient (Wildman–Crippen LogP) is 3.76. The molecule has 0 aromatic heterocycles. The molecule has 0 N–H and O–H groups in total. The van der Waals surface area contributed by atoms with Crippen LogP contribution in [0.25, 0.3) is 0 Å². The molecule has 0 aliphatic heterocycles. The zero-order valence-corrected chi connectivity index (χ0v) is 10.7. The van der Waals surface area contributed by atoms with Gasteiger partial charge in [-0.15, -0.1) is 0 Å². The Hall–Kier alpha value is -2.54. The van der Waals surface area contributed by atoms with E-state index in [1.54, 1.807) is 6.92 Å². The Labute approximate surface area is 115 Å². The van der Waals surface area contributed by atoms with Crippen molar-refractivity contribution in [2.24, 2.45) is 0 Å². The number of carbonyl (C=O) groups excluding carboxylic acids is 1. The van der Waals surface area contributed by atoms with E-state index in [0.717, 1.165) is 6.07 Å². The van der Waals surface area contributed by atoms with E-state index in [4.69, 9.17) is 5.26 Å². The average molecular weight is 271 g/mol. The van der Waals surface area contributed by atoms with Gasteiger partial charge in [-0.05, 0) is 48.4 Å². The highest BCUT2D eigenvalue weighted by Crippen LogP contribution is 2.22. The second kappa shape index (κ2) is 5.62. The fraction of sp³-hybridized carbons (Fsp3) is 0.125. The molecular weight excluding hydrogens is 260 g/mol. The van der Waals surface area contributed by atoms with Crippen molar-refractivity contribution < 1.29 is 13.6 Å². The van der Waals surface area contributed by atoms with Crippen LogP contribution in [0.5, 0.6) is 0 Å². The van der Waals surface area contributed by atoms with Crippen LogP contribution in [-0.2, 0) is 0 Å². The molecule has 1 atom stereocenters. The number of nitriles is 1. The summed E-state index contributed by atoms with van der Waals surface area (Å²) in [5.74, 6) is -2.54. The molecule has 2 rings (SSSR count). The number of hydrogen-bond donors (Lipinski definition) is 0. The van der Waals surface area contributed by atoms with Crippen LogP contribution in [0.1, 0.15) is 27.4 Å². The molecular formula is C16H11F2NO. The van der Waals surface area contributed by atoms with Crippen LogP contribution in [0, 0.1) is 29.9 Å². The van der Waals surface area contributed by atoms with Gasteiger partial charge in [0, 0.05) is 5.56 Å². The molecule has 0 heterocycles. The van der Waals surface area contributed by atoms with Crippen LogP contribution in [0.3, 0.4) is 0 Å². The van der Waals surface area contributed by atoms with Crippen molar-refractivity contribution in [1.29, 1.82) is 5.26 Å². The topological polar surface area (TPSA) is 40.9 Å². The van der Waals surface area contributed by atoms with Crippen molar-refractivity contribution in [3.05, 3.63) is 70.8 Å². The minimum absolute atomic E-state index is 0.137. The van der Waals surface area contributed by atoms with Gasteiger partial charge in [-0.2, -0.15) is 5.26 Å². The Balaban J connectivity index is 2.39. The van der Waals surface area contributed by atoms with Crippen LogP contribution in [0.15, 0.2) is 42.5 Å². The van der Waals surface area contributed by atoms with Crippen LogP contribution in [0.4, 0.5) is 8.78 Å². The molecule has 2 aromatic rings. The van der Waals surface area contributed by atoms with E-state index in [1.165, 1.54) is 36.4 Å². The standard InChI is InChI=1S/C16H11F2NO/c1-10-6-12(8-14(18)7-10)16(20)15(9-19)11-2-4-13(17)5-3-11/h2-8,15H,1H3. The van der Waals surface area contributed by atoms with E-state index in [2.05, 4.69) is 0 Å². The smallest absolute Gasteiger partial charge is 0.184 e. The van der Waals surface area contributed by atoms with Gasteiger partial charge >= 0.3 is 0 Å². The first-order valence-electron chi connectivity index (χ1n) is 5.98. The van der Waals surface area contributed by atoms with Crippen molar-refractivity contribution in [2.75, 3.05) is 0 Å². The summed E-state index contributed by atoms with van der Waals surface area (Å²) >= 11 is 0. The molecule has 20 heavy (non-hydrogen) atoms. The molecule has 0 radical (unpaired) electrons. The summed E-state index contributed by atoms with van der Waals surface area (Å²) in [6.45, 7) is 1.67. The van der Waals surface area contributed by atoms with Gasteiger partial charge in [-0.1, -0.05) is 12.1 Å². The summed E-state index contributed by atoms with van der Waals surface area (Å²) in [4.78, 5) is 12.3. The van der Waals surface area contributed by atoms with E-state index >= 15 is 0 Å². The van der Waals surface area contributed by atoms with Gasteiger partial charge < -0.3 is 0 Å². The van der Waals surface area contributed by atoms with Crippen LogP contribution in [-0.4, -0.2) is 5.78 Å². The molecule has 0 fully saturated rings. The van der Waals surface area contributed by atoms with Gasteiger partial charge in [-0.3, -0.25) is 4.79 Å². The quantitative estimate of drug-likeness (QED) is 0.797. The minimum atomic E-state index is -1.07. The van der Waals surface area contributed by atoms with Crippen LogP contribution >= 0.6 is 0 Å². The molecule has 0 bridgehead atoms. The van der Waals surface area contributed by atoms with Gasteiger partial charge in [0.1, 0.15) is 17.6 Å². The van der Waals surface area contributed by atoms with Crippen molar-refractivity contribution in [2.45, 2.75) is 12.8 Å². The highest BCUT2D eigenvalue weighted by Gasteiger charge is 2.22. The van der Waals surface area contributed by atoms with Crippen molar-refractivity contribution in [1.82, 2.24) is 0 Å². The highest BCUT2D eigenvalue weighted by molar-refractivity contribution is 6.02. The maximum absolute atomic E-state index is 13.3. The summed E-state index contributed by atoms with van der Waals surface area (Å²) in [5.41, 5.74) is 1.13. The van der Waals surface area contributed by atoms with Crippen molar-refractivity contribution in [3.63, 3.8) is 0 Å². The van der Waals surface area contributed by atoms with Gasteiger partial charge in [0.25, 0.3) is 0 Å². The number of carbonyl (C=O) groups is 1. The third kappa shape index (κ3) is 2.89. The van der Waals surface area contributed by atoms with E-state index in [9.17, 15) is 13.6 Å². The van der Waals surface area contributed by atoms with Gasteiger partial charge in [0.15, 0.2) is 5.78 Å². The molecule has 1 unspecified atom stereocenters. The largest absolute Gasteiger partial charge is 0.292 e. The number of halogens is 2. The maximum Gasteiger partial charge on any atom is 0.184 e. The number of ketones is 1. The van der Waals surface area contributed by atoms with Crippen LogP contribution < -0.4 is 0 Å². The highest BCUT2D eigenvalue weighted by atomic mass is 19.1. The molecule has 0 amide bonds. The number of nitrogens with zero attached hydrogens (tertiary/aromatic N) is 1. The molecule has 4 heteroatoms. The predicted molar refractivity (Wildman–Crippen MR) is 70.2 cm³/mol. The number of rotatable bonds is 3. The SMILES string of the molecule is Cc1cc(F)cc(C(=O)C(C#N)c2ccc(F)cc2)c1. The van der Waals surface area contributed by atoms with Crippen molar-refractivity contribution >= 4 is 5.78 Å². The maximum atomic E-state index is 13.3. The molecule has 100 valence electrons. The van der Waals surface area contributed by atoms with Gasteiger partial charge in [-0.25, -0.2) is 8.78 Å². The first-order chi connectivity index (χ1) is 9.51. The fourth-order valence-electron chi connectivity index (χ4n) is 1.99. The van der Waals surface area contributed by atoms with E-state index in [-0.39, 0.29) is 5.56 Å². The molecule has 0 saturated carbocycles. The molecule has 0 spiro atoms. The summed E-state index contributed by atoms with van der Waals surface area (Å²) in [5, 5.41) is 9.16. The zero-order chi connectivity index (χ0) is 14.7. The third-order valence-electron chi connectivity index (χ3n) is 2.92. The normalized spacial score (nSPS) is 11.7. The first-order valence-corrected chi connectivity index (χ1v) is 5.98. The lowest BCUT2D eigenvalue weighted by Crippen LogP contribution is -2.12. The van der Waals surface area contributed by atoms with E-state index < -0.39 is 23.3 Å². The number of hydrogen-bond acceptors (Lipinski definition) is 2. The van der Waals surface area contributed by atoms with Crippen molar-refractivity contribution in [3.8, 4) is 6.07 Å². The zero-order valence-electron chi connectivity index (χ0n) is 10.7. The van der Waals surface area contributed by atoms with Crippen LogP contribution in [0.2, 0.25) is 0 Å². The molecule has 2 nitrogen and oxygen atoms in total. The van der Waals surface area contributed by atoms with Gasteiger partial charge in [0.2, 0.25) is 0 Å². The second-order valence-corrected chi connectivity index (χ2v) is 4.50. The number of aryl methyl sites for hydroxylation is 1. The Morgan fingerprint density at radius 2 is 1.75 bits per heavy atom. The van der Waals surface area contributed by atoms with E-state index in [1.807, 2.05) is 6.07 Å². The summed E-state index contributed by atoms with van der Waals surface area (Å²) in [6.07, 6.45) is 0. The third-order valence-corrected chi connectivity index (χ3v) is 2.92. The average Bonchev–Trinajstić information content (AvgIpc) is 2.40. The molecule has 0 aliphatic rings. The minimum Gasteiger partial charge on any atom is -0.292 e. The monoisotopic (exact) mass is 271 g/mol. The lowest BCUT2D eigenvalue weighted by molar-refractivity contribution is 0.0978. The summed E-state index contributed by atoms with van der Waals surface area (Å²) in [7, 11) is 0. The first kappa shape index (κ1) is 13.9. The Kier molecular flexibility index (Phi) is 3.90. The second-order valence-electron chi connectivity index (χ2n) is 4.50. The summed E-state index contributed by atoms with van der Waals surface area (Å²) < 4.78 is 26.2. The molecule has 0 saturated heterocycles. The lowest BCUT2D eigenvalue weighted by Gasteiger charge is -2.09. The Morgan fingerprint density at radius 1 is 1.10 bits per heavy atom. The molecule has 0 aliphatic carbocycles. The molecule has 2 aromatic carbocycles. The lowest BCUT2D eigenvalue weighted by atomic mass is 9.91. The Morgan fingerprint density at radius 3 is 2.30 bits per heavy atom. The Bertz CT molecular complexity index is 666.